The van der Waals surface area contributed by atoms with Crippen LogP contribution in [-0.4, -0.2) is 47.7 Å². The first-order chi connectivity index (χ1) is 10.6. The second-order valence-corrected chi connectivity index (χ2v) is 7.71. The fourth-order valence-electron chi connectivity index (χ4n) is 4.00. The first-order valence-corrected chi connectivity index (χ1v) is 9.23. The standard InChI is InChI=1S/C18H34N2O2/c1-14(2)10-18(22)20-12-15(8-9-21)11-17(13-20)19-16-6-4-3-5-7-16/h14-17,19,21H,3-13H2,1-2H3. The Morgan fingerprint density at radius 2 is 1.91 bits per heavy atom. The summed E-state index contributed by atoms with van der Waals surface area (Å²) in [5, 5.41) is 13.1. The highest BCUT2D eigenvalue weighted by Crippen LogP contribution is 2.24. The van der Waals surface area contributed by atoms with Crippen LogP contribution in [0.5, 0.6) is 0 Å². The summed E-state index contributed by atoms with van der Waals surface area (Å²) >= 11 is 0. The van der Waals surface area contributed by atoms with Gasteiger partial charge >= 0.3 is 0 Å². The highest BCUT2D eigenvalue weighted by Gasteiger charge is 2.31. The lowest BCUT2D eigenvalue weighted by Gasteiger charge is -2.40. The second-order valence-electron chi connectivity index (χ2n) is 7.71. The summed E-state index contributed by atoms with van der Waals surface area (Å²) in [5.41, 5.74) is 0. The summed E-state index contributed by atoms with van der Waals surface area (Å²) in [6.07, 6.45) is 9.15. The zero-order chi connectivity index (χ0) is 15.9. The molecule has 0 spiro atoms. The number of carbonyl (C=O) groups is 1. The van der Waals surface area contributed by atoms with Crippen molar-refractivity contribution in [2.24, 2.45) is 11.8 Å². The Hall–Kier alpha value is -0.610. The Morgan fingerprint density at radius 1 is 1.18 bits per heavy atom. The fourth-order valence-corrected chi connectivity index (χ4v) is 4.00. The van der Waals surface area contributed by atoms with Gasteiger partial charge in [0.15, 0.2) is 0 Å². The van der Waals surface area contributed by atoms with Gasteiger partial charge in [0.05, 0.1) is 0 Å². The predicted molar refractivity (Wildman–Crippen MR) is 89.6 cm³/mol. The summed E-state index contributed by atoms with van der Waals surface area (Å²) in [7, 11) is 0. The minimum Gasteiger partial charge on any atom is -0.396 e. The van der Waals surface area contributed by atoms with Gasteiger partial charge in [0.25, 0.3) is 0 Å². The van der Waals surface area contributed by atoms with E-state index in [2.05, 4.69) is 19.2 Å². The van der Waals surface area contributed by atoms with Crippen LogP contribution in [0.1, 0.15) is 65.2 Å². The molecule has 1 saturated heterocycles. The molecule has 128 valence electrons. The average molecular weight is 310 g/mol. The maximum absolute atomic E-state index is 12.4. The molecule has 4 heteroatoms. The van der Waals surface area contributed by atoms with E-state index in [0.717, 1.165) is 25.9 Å². The number of carbonyl (C=O) groups excluding carboxylic acids is 1. The summed E-state index contributed by atoms with van der Waals surface area (Å²) in [5.74, 6) is 1.14. The van der Waals surface area contributed by atoms with Crippen LogP contribution in [0.4, 0.5) is 0 Å². The Kier molecular flexibility index (Phi) is 7.16. The zero-order valence-corrected chi connectivity index (χ0v) is 14.4. The first-order valence-electron chi connectivity index (χ1n) is 9.23. The number of nitrogens with one attached hydrogen (secondary N) is 1. The van der Waals surface area contributed by atoms with Crippen LogP contribution < -0.4 is 5.32 Å². The lowest BCUT2D eigenvalue weighted by atomic mass is 9.89. The number of nitrogens with zero attached hydrogens (tertiary/aromatic N) is 1. The number of aliphatic hydroxyl groups is 1. The molecule has 22 heavy (non-hydrogen) atoms. The Bertz CT molecular complexity index is 340. The molecule has 2 unspecified atom stereocenters. The van der Waals surface area contributed by atoms with Gasteiger partial charge in [-0.2, -0.15) is 0 Å². The largest absolute Gasteiger partial charge is 0.396 e. The predicted octanol–water partition coefficient (Wildman–Crippen LogP) is 2.55. The van der Waals surface area contributed by atoms with Crippen molar-refractivity contribution < 1.29 is 9.90 Å². The molecular formula is C18H34N2O2. The molecule has 1 amide bonds. The van der Waals surface area contributed by atoms with E-state index in [-0.39, 0.29) is 12.5 Å². The topological polar surface area (TPSA) is 52.6 Å². The number of aliphatic hydroxyl groups excluding tert-OH is 1. The average Bonchev–Trinajstić information content (AvgIpc) is 2.47. The van der Waals surface area contributed by atoms with Crippen molar-refractivity contribution in [1.82, 2.24) is 10.2 Å². The SMILES string of the molecule is CC(C)CC(=O)N1CC(CCO)CC(NC2CCCCC2)C1. The highest BCUT2D eigenvalue weighted by atomic mass is 16.3. The highest BCUT2D eigenvalue weighted by molar-refractivity contribution is 5.76. The van der Waals surface area contributed by atoms with Gasteiger partial charge in [-0.1, -0.05) is 33.1 Å². The van der Waals surface area contributed by atoms with Gasteiger partial charge in [0.2, 0.25) is 5.91 Å². The Labute approximate surface area is 135 Å². The quantitative estimate of drug-likeness (QED) is 0.793. The van der Waals surface area contributed by atoms with Crippen molar-refractivity contribution >= 4 is 5.91 Å². The molecule has 0 aromatic carbocycles. The van der Waals surface area contributed by atoms with E-state index < -0.39 is 0 Å². The maximum Gasteiger partial charge on any atom is 0.222 e. The van der Waals surface area contributed by atoms with Gasteiger partial charge in [0, 0.05) is 38.2 Å². The number of rotatable bonds is 6. The van der Waals surface area contributed by atoms with Crippen LogP contribution in [-0.2, 0) is 4.79 Å². The van der Waals surface area contributed by atoms with Crippen LogP contribution in [0.15, 0.2) is 0 Å². The molecule has 2 aliphatic rings. The van der Waals surface area contributed by atoms with E-state index in [4.69, 9.17) is 0 Å². The fraction of sp³-hybridized carbons (Fsp3) is 0.944. The van der Waals surface area contributed by atoms with E-state index in [1.165, 1.54) is 32.1 Å². The normalized spacial score (nSPS) is 27.4. The van der Waals surface area contributed by atoms with E-state index in [1.807, 2.05) is 4.90 Å². The van der Waals surface area contributed by atoms with Gasteiger partial charge in [-0.05, 0) is 37.5 Å². The first kappa shape index (κ1) is 17.7. The van der Waals surface area contributed by atoms with Crippen LogP contribution in [0, 0.1) is 11.8 Å². The third-order valence-electron chi connectivity index (χ3n) is 5.09. The molecule has 1 aliphatic heterocycles. The molecule has 1 heterocycles. The number of likely N-dealkylation sites (tertiary alicyclic amines) is 1. The van der Waals surface area contributed by atoms with E-state index in [1.54, 1.807) is 0 Å². The second kappa shape index (κ2) is 8.88. The molecule has 1 aliphatic carbocycles. The minimum absolute atomic E-state index is 0.229. The van der Waals surface area contributed by atoms with E-state index >= 15 is 0 Å². The van der Waals surface area contributed by atoms with Gasteiger partial charge in [-0.15, -0.1) is 0 Å². The summed E-state index contributed by atoms with van der Waals surface area (Å²) in [4.78, 5) is 14.5. The van der Waals surface area contributed by atoms with Crippen molar-refractivity contribution in [2.75, 3.05) is 19.7 Å². The van der Waals surface area contributed by atoms with Crippen molar-refractivity contribution in [1.29, 1.82) is 0 Å². The summed E-state index contributed by atoms with van der Waals surface area (Å²) < 4.78 is 0. The molecule has 1 saturated carbocycles. The van der Waals surface area contributed by atoms with Crippen LogP contribution in [0.3, 0.4) is 0 Å². The van der Waals surface area contributed by atoms with Crippen molar-refractivity contribution in [3.8, 4) is 0 Å². The van der Waals surface area contributed by atoms with Crippen molar-refractivity contribution in [3.05, 3.63) is 0 Å². The van der Waals surface area contributed by atoms with E-state index in [0.29, 0.717) is 30.3 Å². The van der Waals surface area contributed by atoms with E-state index in [9.17, 15) is 9.90 Å². The molecule has 2 N–H and O–H groups in total. The third kappa shape index (κ3) is 5.54. The lowest BCUT2D eigenvalue weighted by Crippen LogP contribution is -2.54. The number of hydrogen-bond donors (Lipinski definition) is 2. The third-order valence-corrected chi connectivity index (χ3v) is 5.09. The van der Waals surface area contributed by atoms with Crippen molar-refractivity contribution in [2.45, 2.75) is 77.3 Å². The van der Waals surface area contributed by atoms with Crippen molar-refractivity contribution in [3.63, 3.8) is 0 Å². The molecule has 0 aromatic heterocycles. The van der Waals surface area contributed by atoms with Gasteiger partial charge in [0.1, 0.15) is 0 Å². The lowest BCUT2D eigenvalue weighted by molar-refractivity contribution is -0.134. The molecular weight excluding hydrogens is 276 g/mol. The minimum atomic E-state index is 0.229. The Balaban J connectivity index is 1.91. The monoisotopic (exact) mass is 310 g/mol. The summed E-state index contributed by atoms with van der Waals surface area (Å²) in [6, 6.07) is 1.04. The van der Waals surface area contributed by atoms with Crippen LogP contribution in [0.2, 0.25) is 0 Å². The smallest absolute Gasteiger partial charge is 0.222 e. The number of piperidine rings is 1. The molecule has 0 aromatic rings. The molecule has 2 atom stereocenters. The molecule has 2 rings (SSSR count). The Morgan fingerprint density at radius 3 is 2.55 bits per heavy atom. The van der Waals surface area contributed by atoms with Crippen LogP contribution in [0.25, 0.3) is 0 Å². The summed E-state index contributed by atoms with van der Waals surface area (Å²) in [6.45, 7) is 6.11. The number of hydrogen-bond acceptors (Lipinski definition) is 3. The number of amides is 1. The molecule has 2 fully saturated rings. The molecule has 0 radical (unpaired) electrons. The van der Waals surface area contributed by atoms with Gasteiger partial charge < -0.3 is 15.3 Å². The van der Waals surface area contributed by atoms with Gasteiger partial charge in [-0.3, -0.25) is 4.79 Å². The molecule has 0 bridgehead atoms. The maximum atomic E-state index is 12.4. The molecule has 4 nitrogen and oxygen atoms in total. The van der Waals surface area contributed by atoms with Gasteiger partial charge in [-0.25, -0.2) is 0 Å². The van der Waals surface area contributed by atoms with Crippen LogP contribution >= 0.6 is 0 Å². The zero-order valence-electron chi connectivity index (χ0n) is 14.4.